The second-order valence-electron chi connectivity index (χ2n) is 3.26. The van der Waals surface area contributed by atoms with Gasteiger partial charge in [-0.3, -0.25) is 0 Å². The van der Waals surface area contributed by atoms with Gasteiger partial charge in [0.2, 0.25) is 0 Å². The Hall–Kier alpha value is -1.14. The van der Waals surface area contributed by atoms with E-state index in [1.54, 1.807) is 19.4 Å². The predicted octanol–water partition coefficient (Wildman–Crippen LogP) is 1.77. The van der Waals surface area contributed by atoms with E-state index >= 15 is 0 Å². The smallest absolute Gasteiger partial charge is 0.357 e. The Balaban J connectivity index is 2.54. The highest BCUT2D eigenvalue weighted by Crippen LogP contribution is 2.17. The Morgan fingerprint density at radius 2 is 2.44 bits per heavy atom. The average molecular weight is 244 g/mol. The van der Waals surface area contributed by atoms with Gasteiger partial charge in [-0.15, -0.1) is 11.3 Å². The molecule has 0 saturated heterocycles. The minimum Gasteiger partial charge on any atom is -0.461 e. The second kappa shape index (κ2) is 6.44. The molecule has 0 fully saturated rings. The Labute approximate surface area is 98.8 Å². The van der Waals surface area contributed by atoms with Crippen LogP contribution in [0.4, 0.5) is 5.13 Å². The third-order valence-electron chi connectivity index (χ3n) is 1.78. The third-order valence-corrected chi connectivity index (χ3v) is 2.55. The van der Waals surface area contributed by atoms with Crippen LogP contribution in [0.25, 0.3) is 0 Å². The van der Waals surface area contributed by atoms with Gasteiger partial charge in [-0.05, 0) is 13.8 Å². The summed E-state index contributed by atoms with van der Waals surface area (Å²) in [6, 6.07) is 0.159. The molecule has 5 nitrogen and oxygen atoms in total. The predicted molar refractivity (Wildman–Crippen MR) is 63.0 cm³/mol. The van der Waals surface area contributed by atoms with Crippen LogP contribution in [0.1, 0.15) is 24.3 Å². The first-order chi connectivity index (χ1) is 7.67. The van der Waals surface area contributed by atoms with Crippen LogP contribution >= 0.6 is 11.3 Å². The molecule has 0 aromatic carbocycles. The van der Waals surface area contributed by atoms with Crippen molar-refractivity contribution in [1.29, 1.82) is 0 Å². The molecule has 0 aliphatic carbocycles. The van der Waals surface area contributed by atoms with Crippen LogP contribution in [-0.4, -0.2) is 37.3 Å². The summed E-state index contributed by atoms with van der Waals surface area (Å²) >= 11 is 1.38. The number of hydrogen-bond donors (Lipinski definition) is 1. The Bertz CT molecular complexity index is 341. The first kappa shape index (κ1) is 12.9. The summed E-state index contributed by atoms with van der Waals surface area (Å²) in [5.41, 5.74) is 0.346. The molecule has 1 aromatic rings. The minimum absolute atomic E-state index is 0.159. The van der Waals surface area contributed by atoms with E-state index in [1.165, 1.54) is 11.3 Å². The maximum atomic E-state index is 11.3. The van der Waals surface area contributed by atoms with Gasteiger partial charge in [0.15, 0.2) is 10.8 Å². The van der Waals surface area contributed by atoms with Crippen LogP contribution in [0, 0.1) is 0 Å². The summed E-state index contributed by atoms with van der Waals surface area (Å²) in [7, 11) is 1.64. The molecule has 1 rings (SSSR count). The average Bonchev–Trinajstić information content (AvgIpc) is 2.67. The van der Waals surface area contributed by atoms with Gasteiger partial charge in [0, 0.05) is 18.5 Å². The van der Waals surface area contributed by atoms with Crippen molar-refractivity contribution in [3.8, 4) is 0 Å². The number of carbonyl (C=O) groups is 1. The number of rotatable bonds is 6. The molecule has 0 spiro atoms. The molecule has 1 N–H and O–H groups in total. The van der Waals surface area contributed by atoms with Crippen LogP contribution in [0.3, 0.4) is 0 Å². The molecule has 1 heterocycles. The van der Waals surface area contributed by atoms with Crippen LogP contribution in [0.15, 0.2) is 5.38 Å². The van der Waals surface area contributed by atoms with Crippen molar-refractivity contribution in [1.82, 2.24) is 4.98 Å². The summed E-state index contributed by atoms with van der Waals surface area (Å²) in [5, 5.41) is 5.52. The molecule has 0 aliphatic rings. The summed E-state index contributed by atoms with van der Waals surface area (Å²) in [4.78, 5) is 15.5. The van der Waals surface area contributed by atoms with Crippen molar-refractivity contribution in [2.75, 3.05) is 25.6 Å². The normalized spacial score (nSPS) is 12.2. The Morgan fingerprint density at radius 1 is 1.69 bits per heavy atom. The van der Waals surface area contributed by atoms with Gasteiger partial charge in [0.05, 0.1) is 13.2 Å². The van der Waals surface area contributed by atoms with Gasteiger partial charge in [-0.1, -0.05) is 0 Å². The lowest BCUT2D eigenvalue weighted by Crippen LogP contribution is -2.20. The van der Waals surface area contributed by atoms with Crippen molar-refractivity contribution < 1.29 is 14.3 Å². The van der Waals surface area contributed by atoms with Crippen LogP contribution in [-0.2, 0) is 9.47 Å². The standard InChI is InChI=1S/C10H16N2O3S/c1-4-15-9(13)8-6-16-10(12-8)11-7(2)5-14-3/h6-7H,4-5H2,1-3H3,(H,11,12). The number of ether oxygens (including phenoxy) is 2. The number of nitrogens with one attached hydrogen (secondary N) is 1. The molecule has 6 heteroatoms. The molecule has 0 saturated carbocycles. The molecule has 90 valence electrons. The van der Waals surface area contributed by atoms with Crippen molar-refractivity contribution in [3.63, 3.8) is 0 Å². The van der Waals surface area contributed by atoms with Crippen LogP contribution in [0.2, 0.25) is 0 Å². The molecule has 0 bridgehead atoms. The largest absolute Gasteiger partial charge is 0.461 e. The molecule has 1 atom stereocenters. The van der Waals surface area contributed by atoms with E-state index in [1.807, 2.05) is 6.92 Å². The summed E-state index contributed by atoms with van der Waals surface area (Å²) in [5.74, 6) is -0.383. The number of nitrogens with zero attached hydrogens (tertiary/aromatic N) is 1. The Morgan fingerprint density at radius 3 is 3.06 bits per heavy atom. The molecular weight excluding hydrogens is 228 g/mol. The number of thiazole rings is 1. The lowest BCUT2D eigenvalue weighted by atomic mass is 10.4. The molecule has 1 unspecified atom stereocenters. The zero-order valence-corrected chi connectivity index (χ0v) is 10.5. The van der Waals surface area contributed by atoms with Gasteiger partial charge in [-0.2, -0.15) is 0 Å². The summed E-state index contributed by atoms with van der Waals surface area (Å²) < 4.78 is 9.84. The van der Waals surface area contributed by atoms with Crippen molar-refractivity contribution in [2.45, 2.75) is 19.9 Å². The monoisotopic (exact) mass is 244 g/mol. The van der Waals surface area contributed by atoms with E-state index in [9.17, 15) is 4.79 Å². The maximum absolute atomic E-state index is 11.3. The molecule has 0 aliphatic heterocycles. The van der Waals surface area contributed by atoms with Gasteiger partial charge >= 0.3 is 5.97 Å². The lowest BCUT2D eigenvalue weighted by Gasteiger charge is -2.10. The van der Waals surface area contributed by atoms with Crippen molar-refractivity contribution in [2.24, 2.45) is 0 Å². The van der Waals surface area contributed by atoms with Crippen molar-refractivity contribution >= 4 is 22.4 Å². The second-order valence-corrected chi connectivity index (χ2v) is 4.12. The van der Waals surface area contributed by atoms with Gasteiger partial charge in [-0.25, -0.2) is 9.78 Å². The zero-order valence-electron chi connectivity index (χ0n) is 9.65. The maximum Gasteiger partial charge on any atom is 0.357 e. The van der Waals surface area contributed by atoms with E-state index in [4.69, 9.17) is 9.47 Å². The van der Waals surface area contributed by atoms with E-state index < -0.39 is 0 Å². The first-order valence-electron chi connectivity index (χ1n) is 5.05. The fourth-order valence-electron chi connectivity index (χ4n) is 1.14. The highest BCUT2D eigenvalue weighted by molar-refractivity contribution is 7.13. The number of aromatic nitrogens is 1. The molecule has 0 amide bonds. The quantitative estimate of drug-likeness (QED) is 0.773. The molecular formula is C10H16N2O3S. The number of hydrogen-bond acceptors (Lipinski definition) is 6. The topological polar surface area (TPSA) is 60.5 Å². The number of anilines is 1. The fraction of sp³-hybridized carbons (Fsp3) is 0.600. The molecule has 0 radical (unpaired) electrons. The number of methoxy groups -OCH3 is 1. The highest BCUT2D eigenvalue weighted by Gasteiger charge is 2.12. The Kier molecular flexibility index (Phi) is 5.21. The first-order valence-corrected chi connectivity index (χ1v) is 5.93. The van der Waals surface area contributed by atoms with E-state index in [-0.39, 0.29) is 12.0 Å². The van der Waals surface area contributed by atoms with Gasteiger partial charge < -0.3 is 14.8 Å². The van der Waals surface area contributed by atoms with E-state index in [0.29, 0.717) is 24.0 Å². The fourth-order valence-corrected chi connectivity index (χ4v) is 1.93. The summed E-state index contributed by atoms with van der Waals surface area (Å²) in [6.45, 7) is 4.70. The van der Waals surface area contributed by atoms with E-state index in [0.717, 1.165) is 0 Å². The summed E-state index contributed by atoms with van der Waals surface area (Å²) in [6.07, 6.45) is 0. The molecule has 1 aromatic heterocycles. The van der Waals surface area contributed by atoms with Crippen LogP contribution < -0.4 is 5.32 Å². The SMILES string of the molecule is CCOC(=O)c1csc(NC(C)COC)n1. The van der Waals surface area contributed by atoms with Gasteiger partial charge in [0.1, 0.15) is 0 Å². The van der Waals surface area contributed by atoms with Gasteiger partial charge in [0.25, 0.3) is 0 Å². The van der Waals surface area contributed by atoms with Crippen LogP contribution in [0.5, 0.6) is 0 Å². The lowest BCUT2D eigenvalue weighted by molar-refractivity contribution is 0.0520. The zero-order chi connectivity index (χ0) is 12.0. The number of esters is 1. The minimum atomic E-state index is -0.383. The third kappa shape index (κ3) is 3.79. The van der Waals surface area contributed by atoms with Crippen molar-refractivity contribution in [3.05, 3.63) is 11.1 Å². The molecule has 16 heavy (non-hydrogen) atoms. The number of carbonyl (C=O) groups excluding carboxylic acids is 1. The highest BCUT2D eigenvalue weighted by atomic mass is 32.1. The van der Waals surface area contributed by atoms with E-state index in [2.05, 4.69) is 10.3 Å².